The molecule has 0 fully saturated rings. The largest absolute Gasteiger partial charge is 0.394 e. The van der Waals surface area contributed by atoms with Gasteiger partial charge in [-0.05, 0) is 31.4 Å². The molecule has 0 heterocycles. The van der Waals surface area contributed by atoms with Crippen molar-refractivity contribution in [3.8, 4) is 0 Å². The molecule has 1 amide bonds. The van der Waals surface area contributed by atoms with Crippen molar-refractivity contribution < 1.29 is 23.5 Å². The molecule has 0 bridgehead atoms. The predicted molar refractivity (Wildman–Crippen MR) is 123 cm³/mol. The number of amides is 1. The summed E-state index contributed by atoms with van der Waals surface area (Å²) in [7, 11) is -3.43. The van der Waals surface area contributed by atoms with Crippen molar-refractivity contribution in [2.45, 2.75) is 51.9 Å². The van der Waals surface area contributed by atoms with Gasteiger partial charge in [-0.25, -0.2) is 0 Å². The number of aliphatic hydroxyl groups excluding tert-OH is 1. The maximum Gasteiger partial charge on any atom is 0.334 e. The number of benzene rings is 2. The van der Waals surface area contributed by atoms with E-state index in [1.165, 1.54) is 0 Å². The van der Waals surface area contributed by atoms with Gasteiger partial charge in [0.1, 0.15) is 0 Å². The van der Waals surface area contributed by atoms with Crippen LogP contribution in [0.2, 0.25) is 0 Å². The standard InChI is InChI=1S/C24H34NO5P/c1-4-22(31(28,29-5-2)30-6-3)17-24(27)25(18-20-13-9-7-10-14-20)23(19-26)21-15-11-8-12-16-21/h7-16,22-23,26H,4-6,17-19H2,1-3H3/t22-,23?/m1/s1. The topological polar surface area (TPSA) is 76.1 Å². The van der Waals surface area contributed by atoms with Crippen LogP contribution >= 0.6 is 7.60 Å². The highest BCUT2D eigenvalue weighted by Crippen LogP contribution is 2.55. The molecule has 0 aliphatic carbocycles. The zero-order valence-corrected chi connectivity index (χ0v) is 19.5. The van der Waals surface area contributed by atoms with Gasteiger partial charge in [-0.3, -0.25) is 9.36 Å². The third kappa shape index (κ3) is 7.01. The minimum Gasteiger partial charge on any atom is -0.394 e. The fourth-order valence-electron chi connectivity index (χ4n) is 3.62. The minimum atomic E-state index is -3.43. The lowest BCUT2D eigenvalue weighted by Crippen LogP contribution is -2.38. The first-order chi connectivity index (χ1) is 15.0. The van der Waals surface area contributed by atoms with Crippen LogP contribution < -0.4 is 0 Å². The molecular formula is C24H34NO5P. The molecule has 170 valence electrons. The smallest absolute Gasteiger partial charge is 0.334 e. The Morgan fingerprint density at radius 1 is 0.968 bits per heavy atom. The molecule has 1 N–H and O–H groups in total. The molecule has 2 aromatic rings. The van der Waals surface area contributed by atoms with Crippen LogP contribution in [0.4, 0.5) is 0 Å². The molecule has 1 unspecified atom stereocenters. The van der Waals surface area contributed by atoms with Crippen molar-refractivity contribution in [2.75, 3.05) is 19.8 Å². The summed E-state index contributed by atoms with van der Waals surface area (Å²) in [6, 6.07) is 18.6. The van der Waals surface area contributed by atoms with Gasteiger partial charge in [0.05, 0.1) is 31.5 Å². The summed E-state index contributed by atoms with van der Waals surface area (Å²) in [4.78, 5) is 15.2. The molecule has 2 atom stereocenters. The van der Waals surface area contributed by atoms with E-state index < -0.39 is 19.3 Å². The first kappa shape index (κ1) is 25.3. The summed E-state index contributed by atoms with van der Waals surface area (Å²) < 4.78 is 24.3. The van der Waals surface area contributed by atoms with Crippen LogP contribution in [0.1, 0.15) is 50.8 Å². The van der Waals surface area contributed by atoms with Crippen molar-refractivity contribution >= 4 is 13.5 Å². The number of rotatable bonds is 13. The first-order valence-corrected chi connectivity index (χ1v) is 12.5. The molecule has 0 aromatic heterocycles. The molecule has 0 aliphatic heterocycles. The number of aliphatic hydroxyl groups is 1. The van der Waals surface area contributed by atoms with Gasteiger partial charge >= 0.3 is 7.60 Å². The number of carbonyl (C=O) groups excluding carboxylic acids is 1. The molecule has 0 radical (unpaired) electrons. The van der Waals surface area contributed by atoms with Crippen molar-refractivity contribution in [1.29, 1.82) is 0 Å². The Hall–Kier alpha value is -1.98. The van der Waals surface area contributed by atoms with Crippen LogP contribution in [-0.2, 0) is 25.0 Å². The summed E-state index contributed by atoms with van der Waals surface area (Å²) in [6.07, 6.45) is 0.501. The second-order valence-corrected chi connectivity index (χ2v) is 9.58. The van der Waals surface area contributed by atoms with E-state index in [9.17, 15) is 14.5 Å². The van der Waals surface area contributed by atoms with Crippen LogP contribution in [0.5, 0.6) is 0 Å². The lowest BCUT2D eigenvalue weighted by Gasteiger charge is -2.33. The Labute approximate surface area is 185 Å². The van der Waals surface area contributed by atoms with Gasteiger partial charge in [-0.2, -0.15) is 0 Å². The summed E-state index contributed by atoms with van der Waals surface area (Å²) in [5.74, 6) is -0.196. The lowest BCUT2D eigenvalue weighted by atomic mass is 10.0. The molecule has 0 saturated carbocycles. The SMILES string of the molecule is CCOP(=O)(OCC)[C@H](CC)CC(=O)N(Cc1ccccc1)C(CO)c1ccccc1. The summed E-state index contributed by atoms with van der Waals surface area (Å²) in [5, 5.41) is 10.2. The van der Waals surface area contributed by atoms with Crippen molar-refractivity contribution in [3.05, 3.63) is 71.8 Å². The quantitative estimate of drug-likeness (QED) is 0.428. The van der Waals surface area contributed by atoms with E-state index in [0.29, 0.717) is 13.0 Å². The van der Waals surface area contributed by atoms with Crippen LogP contribution in [0, 0.1) is 0 Å². The van der Waals surface area contributed by atoms with E-state index in [2.05, 4.69) is 0 Å². The predicted octanol–water partition coefficient (Wildman–Crippen LogP) is 5.18. The Morgan fingerprint density at radius 3 is 2.00 bits per heavy atom. The van der Waals surface area contributed by atoms with Crippen LogP contribution in [0.3, 0.4) is 0 Å². The Morgan fingerprint density at radius 2 is 1.52 bits per heavy atom. The normalized spacial score (nSPS) is 13.5. The van der Waals surface area contributed by atoms with Gasteiger partial charge in [-0.15, -0.1) is 0 Å². The molecule has 2 aromatic carbocycles. The van der Waals surface area contributed by atoms with Crippen molar-refractivity contribution in [2.24, 2.45) is 0 Å². The number of nitrogens with zero attached hydrogens (tertiary/aromatic N) is 1. The second kappa shape index (κ2) is 12.8. The van der Waals surface area contributed by atoms with Gasteiger partial charge in [-0.1, -0.05) is 67.6 Å². The van der Waals surface area contributed by atoms with E-state index in [0.717, 1.165) is 11.1 Å². The fourth-order valence-corrected chi connectivity index (χ4v) is 5.66. The zero-order valence-electron chi connectivity index (χ0n) is 18.6. The van der Waals surface area contributed by atoms with Crippen LogP contribution in [0.25, 0.3) is 0 Å². The van der Waals surface area contributed by atoms with Gasteiger partial charge in [0.15, 0.2) is 0 Å². The van der Waals surface area contributed by atoms with E-state index >= 15 is 0 Å². The highest BCUT2D eigenvalue weighted by Gasteiger charge is 2.37. The van der Waals surface area contributed by atoms with Crippen molar-refractivity contribution in [3.63, 3.8) is 0 Å². The Balaban J connectivity index is 2.35. The second-order valence-electron chi connectivity index (χ2n) is 7.26. The first-order valence-electron chi connectivity index (χ1n) is 10.9. The third-order valence-corrected chi connectivity index (χ3v) is 7.87. The molecule has 0 saturated heterocycles. The van der Waals surface area contributed by atoms with E-state index in [1.807, 2.05) is 67.6 Å². The molecule has 6 nitrogen and oxygen atoms in total. The third-order valence-electron chi connectivity index (χ3n) is 5.20. The van der Waals surface area contributed by atoms with Crippen LogP contribution in [0.15, 0.2) is 60.7 Å². The summed E-state index contributed by atoms with van der Waals surface area (Å²) >= 11 is 0. The van der Waals surface area contributed by atoms with Crippen molar-refractivity contribution in [1.82, 2.24) is 4.90 Å². The Kier molecular flexibility index (Phi) is 10.4. The Bertz CT molecular complexity index is 820. The monoisotopic (exact) mass is 447 g/mol. The minimum absolute atomic E-state index is 0.0178. The number of hydrogen-bond donors (Lipinski definition) is 1. The molecule has 0 spiro atoms. The van der Waals surface area contributed by atoms with E-state index in [4.69, 9.17) is 9.05 Å². The highest BCUT2D eigenvalue weighted by atomic mass is 31.2. The van der Waals surface area contributed by atoms with E-state index in [1.54, 1.807) is 18.7 Å². The van der Waals surface area contributed by atoms with Gasteiger partial charge in [0.2, 0.25) is 5.91 Å². The fraction of sp³-hybridized carbons (Fsp3) is 0.458. The summed E-state index contributed by atoms with van der Waals surface area (Å²) in [6.45, 7) is 6.03. The maximum atomic E-state index is 13.5. The molecule has 0 aliphatic rings. The maximum absolute atomic E-state index is 13.5. The van der Waals surface area contributed by atoms with Gasteiger partial charge < -0.3 is 19.1 Å². The van der Waals surface area contributed by atoms with Gasteiger partial charge in [0, 0.05) is 13.0 Å². The molecule has 7 heteroatoms. The average molecular weight is 448 g/mol. The zero-order chi connectivity index (χ0) is 22.7. The summed E-state index contributed by atoms with van der Waals surface area (Å²) in [5.41, 5.74) is 1.25. The number of hydrogen-bond acceptors (Lipinski definition) is 5. The molecule has 2 rings (SSSR count). The van der Waals surface area contributed by atoms with E-state index in [-0.39, 0.29) is 32.1 Å². The van der Waals surface area contributed by atoms with Crippen LogP contribution in [-0.4, -0.2) is 41.4 Å². The lowest BCUT2D eigenvalue weighted by molar-refractivity contribution is -0.135. The highest BCUT2D eigenvalue weighted by molar-refractivity contribution is 7.54. The number of carbonyl (C=O) groups is 1. The molecular weight excluding hydrogens is 413 g/mol. The average Bonchev–Trinajstić information content (AvgIpc) is 2.78. The molecule has 31 heavy (non-hydrogen) atoms. The van der Waals surface area contributed by atoms with Gasteiger partial charge in [0.25, 0.3) is 0 Å².